The second-order valence-electron chi connectivity index (χ2n) is 10.5. The number of carboxylic acids is 4. The zero-order valence-electron chi connectivity index (χ0n) is 24.3. The van der Waals surface area contributed by atoms with Crippen LogP contribution in [0.2, 0.25) is 0 Å². The second-order valence-corrected chi connectivity index (χ2v) is 10.5. The Bertz CT molecular complexity index is 1450. The van der Waals surface area contributed by atoms with Crippen LogP contribution in [0.4, 0.5) is 0 Å². The number of aliphatic carboxylic acids is 4. The quantitative estimate of drug-likeness (QED) is 0.115. The molecule has 0 amide bonds. The highest BCUT2D eigenvalue weighted by atomic mass is 16.5. The zero-order valence-corrected chi connectivity index (χ0v) is 24.3. The maximum absolute atomic E-state index is 14.1. The number of carbonyl (C=O) groups excluding carboxylic acids is 2. The third-order valence-corrected chi connectivity index (χ3v) is 7.95. The predicted octanol–water partition coefficient (Wildman–Crippen LogP) is 4.59. The molecule has 3 aromatic rings. The molecular weight excluding hydrogens is 576 g/mol. The van der Waals surface area contributed by atoms with E-state index >= 15 is 0 Å². The van der Waals surface area contributed by atoms with Gasteiger partial charge in [-0.25, -0.2) is 0 Å². The minimum atomic E-state index is -1.76. The molecule has 0 aliphatic heterocycles. The molecular formula is C32H34O12. The van der Waals surface area contributed by atoms with Crippen LogP contribution in [0.1, 0.15) is 72.1 Å². The number of benzene rings is 3. The first-order valence-corrected chi connectivity index (χ1v) is 13.8. The Kier molecular flexibility index (Phi) is 10.9. The van der Waals surface area contributed by atoms with Gasteiger partial charge in [0.05, 0.1) is 0 Å². The highest BCUT2D eigenvalue weighted by Crippen LogP contribution is 2.36. The van der Waals surface area contributed by atoms with Crippen LogP contribution in [0.3, 0.4) is 0 Å². The van der Waals surface area contributed by atoms with E-state index in [2.05, 4.69) is 0 Å². The maximum Gasteiger partial charge on any atom is 0.303 e. The van der Waals surface area contributed by atoms with Crippen molar-refractivity contribution in [1.29, 1.82) is 0 Å². The lowest BCUT2D eigenvalue weighted by molar-refractivity contribution is -0.141. The number of hydrogen-bond donors (Lipinski definition) is 4. The first kappa shape index (κ1) is 33.8. The van der Waals surface area contributed by atoms with Crippen LogP contribution in [0.25, 0.3) is 21.5 Å². The van der Waals surface area contributed by atoms with Crippen LogP contribution in [-0.2, 0) is 28.7 Å². The molecule has 12 heteroatoms. The molecule has 0 heterocycles. The fourth-order valence-electron chi connectivity index (χ4n) is 5.47. The standard InChI is InChI=1S/C32H34O12/c1-43-31(13-9-25(33)34,14-10-26(35)36)29(41)21-7-3-5-19-17-20-6-4-8-22(24(20)18-23(19)21)30(42)32(44-2,15-11-27(37)38)16-12-28(39)40/h3-8,17-18H,9-16H2,1-2H3,(H,33,34)(H,35,36)(H,37,38)(H,39,40). The van der Waals surface area contributed by atoms with Crippen LogP contribution < -0.4 is 0 Å². The summed E-state index contributed by atoms with van der Waals surface area (Å²) in [6, 6.07) is 13.1. The summed E-state index contributed by atoms with van der Waals surface area (Å²) < 4.78 is 11.1. The first-order valence-electron chi connectivity index (χ1n) is 13.8. The van der Waals surface area contributed by atoms with Gasteiger partial charge in [-0.3, -0.25) is 28.8 Å². The zero-order chi connectivity index (χ0) is 32.7. The van der Waals surface area contributed by atoms with Crippen LogP contribution in [0.15, 0.2) is 48.5 Å². The van der Waals surface area contributed by atoms with Gasteiger partial charge >= 0.3 is 23.9 Å². The summed E-state index contributed by atoms with van der Waals surface area (Å²) in [7, 11) is 2.44. The maximum atomic E-state index is 14.1. The SMILES string of the molecule is COC(CCC(=O)O)(CCC(=O)O)C(=O)c1cccc2cc3cccc(C(=O)C(CCC(=O)O)(CCC(=O)O)OC)c3cc12. The number of ketones is 2. The Morgan fingerprint density at radius 1 is 0.545 bits per heavy atom. The highest BCUT2D eigenvalue weighted by molar-refractivity contribution is 6.18. The number of methoxy groups -OCH3 is 2. The molecule has 0 bridgehead atoms. The van der Waals surface area contributed by atoms with E-state index in [4.69, 9.17) is 9.47 Å². The van der Waals surface area contributed by atoms with E-state index in [1.165, 1.54) is 26.4 Å². The van der Waals surface area contributed by atoms with Crippen molar-refractivity contribution in [3.8, 4) is 0 Å². The number of Topliss-reactive ketones (excluding diaryl/α,β-unsaturated/α-hetero) is 2. The third kappa shape index (κ3) is 7.44. The summed E-state index contributed by atoms with van der Waals surface area (Å²) in [6.45, 7) is 0. The summed E-state index contributed by atoms with van der Waals surface area (Å²) in [6.07, 6.45) is -2.89. The van der Waals surface area contributed by atoms with Crippen molar-refractivity contribution in [2.45, 2.75) is 62.6 Å². The van der Waals surface area contributed by atoms with Gasteiger partial charge in [-0.05, 0) is 59.4 Å². The van der Waals surface area contributed by atoms with E-state index in [0.717, 1.165) is 0 Å². The van der Waals surface area contributed by atoms with Crippen LogP contribution in [-0.4, -0.2) is 81.3 Å². The molecule has 4 N–H and O–H groups in total. The molecule has 12 nitrogen and oxygen atoms in total. The van der Waals surface area contributed by atoms with Gasteiger partial charge in [-0.1, -0.05) is 36.4 Å². The van der Waals surface area contributed by atoms with E-state index in [0.29, 0.717) is 21.5 Å². The second kappa shape index (κ2) is 14.2. The van der Waals surface area contributed by atoms with E-state index in [9.17, 15) is 49.2 Å². The number of carbonyl (C=O) groups is 6. The summed E-state index contributed by atoms with van der Waals surface area (Å²) >= 11 is 0. The van der Waals surface area contributed by atoms with Crippen molar-refractivity contribution in [2.75, 3.05) is 14.2 Å². The van der Waals surface area contributed by atoms with Gasteiger partial charge in [-0.15, -0.1) is 0 Å². The Morgan fingerprint density at radius 3 is 1.14 bits per heavy atom. The van der Waals surface area contributed by atoms with E-state index in [-0.39, 0.29) is 36.8 Å². The number of ether oxygens (including phenoxy) is 2. The molecule has 0 radical (unpaired) electrons. The van der Waals surface area contributed by atoms with Crippen molar-refractivity contribution in [3.63, 3.8) is 0 Å². The minimum Gasteiger partial charge on any atom is -0.481 e. The lowest BCUT2D eigenvalue weighted by Crippen LogP contribution is -2.42. The van der Waals surface area contributed by atoms with Crippen molar-refractivity contribution in [2.24, 2.45) is 0 Å². The molecule has 234 valence electrons. The molecule has 44 heavy (non-hydrogen) atoms. The average molecular weight is 611 g/mol. The van der Waals surface area contributed by atoms with Gasteiger partial charge in [0.1, 0.15) is 11.2 Å². The summed E-state index contributed by atoms with van der Waals surface area (Å²) in [5.41, 5.74) is -3.26. The smallest absolute Gasteiger partial charge is 0.303 e. The van der Waals surface area contributed by atoms with Gasteiger partial charge in [0.2, 0.25) is 0 Å². The largest absolute Gasteiger partial charge is 0.481 e. The molecule has 3 aromatic carbocycles. The Labute approximate surface area is 252 Å². The summed E-state index contributed by atoms with van der Waals surface area (Å²) in [4.78, 5) is 73.8. The monoisotopic (exact) mass is 610 g/mol. The number of hydrogen-bond acceptors (Lipinski definition) is 8. The lowest BCUT2D eigenvalue weighted by Gasteiger charge is -2.31. The van der Waals surface area contributed by atoms with Gasteiger partial charge in [0.15, 0.2) is 11.6 Å². The molecule has 0 saturated carbocycles. The molecule has 0 unspecified atom stereocenters. The topological polar surface area (TPSA) is 202 Å². The van der Waals surface area contributed by atoms with Crippen molar-refractivity contribution in [1.82, 2.24) is 0 Å². The van der Waals surface area contributed by atoms with Gasteiger partial charge < -0.3 is 29.9 Å². The number of rotatable bonds is 18. The van der Waals surface area contributed by atoms with Gasteiger partial charge in [0.25, 0.3) is 0 Å². The Hall–Kier alpha value is -4.68. The van der Waals surface area contributed by atoms with Crippen LogP contribution in [0, 0.1) is 0 Å². The fraction of sp³-hybridized carbons (Fsp3) is 0.375. The highest BCUT2D eigenvalue weighted by Gasteiger charge is 2.42. The van der Waals surface area contributed by atoms with Crippen LogP contribution >= 0.6 is 0 Å². The van der Waals surface area contributed by atoms with Crippen molar-refractivity contribution in [3.05, 3.63) is 59.7 Å². The van der Waals surface area contributed by atoms with Crippen molar-refractivity contribution < 1.29 is 58.7 Å². The molecule has 0 atom stereocenters. The minimum absolute atomic E-state index is 0.124. The lowest BCUT2D eigenvalue weighted by atomic mass is 9.81. The number of fused-ring (bicyclic) bond motifs is 2. The molecule has 0 saturated heterocycles. The fourth-order valence-corrected chi connectivity index (χ4v) is 5.47. The van der Waals surface area contributed by atoms with E-state index in [1.807, 2.05) is 0 Å². The van der Waals surface area contributed by atoms with Crippen molar-refractivity contribution >= 4 is 57.0 Å². The van der Waals surface area contributed by atoms with Gasteiger partial charge in [-0.2, -0.15) is 0 Å². The predicted molar refractivity (Wildman–Crippen MR) is 157 cm³/mol. The van der Waals surface area contributed by atoms with Crippen LogP contribution in [0.5, 0.6) is 0 Å². The average Bonchev–Trinajstić information content (AvgIpc) is 2.99. The first-order chi connectivity index (χ1) is 20.8. The molecule has 0 aliphatic carbocycles. The Morgan fingerprint density at radius 2 is 0.864 bits per heavy atom. The van der Waals surface area contributed by atoms with Gasteiger partial charge in [0, 0.05) is 51.0 Å². The normalized spacial score (nSPS) is 11.9. The molecule has 0 spiro atoms. The molecule has 0 aliphatic rings. The Balaban J connectivity index is 2.24. The van der Waals surface area contributed by atoms with E-state index in [1.54, 1.807) is 36.4 Å². The molecule has 0 aromatic heterocycles. The summed E-state index contributed by atoms with van der Waals surface area (Å²) in [5, 5.41) is 39.2. The van der Waals surface area contributed by atoms with E-state index < -0.39 is 72.3 Å². The molecule has 3 rings (SSSR count). The molecule has 0 fully saturated rings. The summed E-state index contributed by atoms with van der Waals surface area (Å²) in [5.74, 6) is -5.98. The third-order valence-electron chi connectivity index (χ3n) is 7.95. The number of carboxylic acid groups (broad SMARTS) is 4.